The summed E-state index contributed by atoms with van der Waals surface area (Å²) in [6.07, 6.45) is -4.26. The van der Waals surface area contributed by atoms with Gasteiger partial charge in [0.05, 0.1) is 5.56 Å². The molecule has 0 spiro atoms. The molecule has 0 saturated heterocycles. The third-order valence-electron chi connectivity index (χ3n) is 3.40. The number of esters is 1. The van der Waals surface area contributed by atoms with E-state index in [-0.39, 0.29) is 5.56 Å². The quantitative estimate of drug-likeness (QED) is 0.431. The Morgan fingerprint density at radius 3 is 2.28 bits per heavy atom. The lowest BCUT2D eigenvalue weighted by atomic mass is 10.2. The van der Waals surface area contributed by atoms with Crippen LogP contribution in [0.5, 0.6) is 0 Å². The highest BCUT2D eigenvalue weighted by molar-refractivity contribution is 5.95. The average molecular weight is 415 g/mol. The van der Waals surface area contributed by atoms with Crippen LogP contribution in [0.3, 0.4) is 0 Å². The molecule has 8 nitrogen and oxygen atoms in total. The smallest absolute Gasteiger partial charge is 0.417 e. The van der Waals surface area contributed by atoms with Crippen molar-refractivity contribution in [2.24, 2.45) is 0 Å². The zero-order chi connectivity index (χ0) is 21.6. The number of hydrazine groups is 1. The average Bonchev–Trinajstić information content (AvgIpc) is 2.66. The number of amides is 2. The number of rotatable bonds is 5. The van der Waals surface area contributed by atoms with Crippen molar-refractivity contribution >= 4 is 17.8 Å². The van der Waals surface area contributed by atoms with Gasteiger partial charge < -0.3 is 9.30 Å². The van der Waals surface area contributed by atoms with Crippen molar-refractivity contribution in [1.82, 2.24) is 15.4 Å². The fourth-order valence-corrected chi connectivity index (χ4v) is 1.99. The summed E-state index contributed by atoms with van der Waals surface area (Å²) in [7, 11) is 0. The number of alkyl halides is 3. The molecule has 12 heteroatoms. The summed E-state index contributed by atoms with van der Waals surface area (Å²) in [4.78, 5) is 46.5. The van der Waals surface area contributed by atoms with Gasteiger partial charge in [-0.05, 0) is 30.3 Å². The molecule has 29 heavy (non-hydrogen) atoms. The van der Waals surface area contributed by atoms with E-state index < -0.39 is 54.1 Å². The first-order valence-electron chi connectivity index (χ1n) is 7.84. The summed E-state index contributed by atoms with van der Waals surface area (Å²) in [6.45, 7) is -1.71. The second kappa shape index (κ2) is 8.99. The monoisotopic (exact) mass is 415 g/mol. The van der Waals surface area contributed by atoms with E-state index >= 15 is 0 Å². The van der Waals surface area contributed by atoms with Crippen LogP contribution in [0.25, 0.3) is 0 Å². The topological polar surface area (TPSA) is 106 Å². The third kappa shape index (κ3) is 6.45. The minimum absolute atomic E-state index is 0.0487. The van der Waals surface area contributed by atoms with Crippen molar-refractivity contribution < 1.29 is 36.7 Å². The minimum Gasteiger partial charge on any atom is -0.454 e. The zero-order valence-electron chi connectivity index (χ0n) is 14.5. The molecule has 0 radical (unpaired) electrons. The van der Waals surface area contributed by atoms with Gasteiger partial charge in [-0.25, -0.2) is 4.39 Å². The van der Waals surface area contributed by atoms with E-state index in [1.165, 1.54) is 12.1 Å². The number of halogens is 4. The summed E-state index contributed by atoms with van der Waals surface area (Å²) in [5, 5.41) is 0. The van der Waals surface area contributed by atoms with Gasteiger partial charge in [0.25, 0.3) is 17.4 Å². The molecule has 1 aromatic carbocycles. The molecule has 1 aromatic heterocycles. The molecule has 0 fully saturated rings. The summed E-state index contributed by atoms with van der Waals surface area (Å²) in [6, 6.07) is 5.63. The normalized spacial score (nSPS) is 10.9. The van der Waals surface area contributed by atoms with E-state index in [0.29, 0.717) is 22.9 Å². The molecule has 0 saturated carbocycles. The fourth-order valence-electron chi connectivity index (χ4n) is 1.99. The molecule has 0 aliphatic rings. The summed E-state index contributed by atoms with van der Waals surface area (Å²) < 4.78 is 55.7. The highest BCUT2D eigenvalue weighted by atomic mass is 19.4. The third-order valence-corrected chi connectivity index (χ3v) is 3.40. The predicted molar refractivity (Wildman–Crippen MR) is 88.7 cm³/mol. The number of nitrogens with one attached hydrogen (secondary N) is 2. The van der Waals surface area contributed by atoms with E-state index in [4.69, 9.17) is 0 Å². The second-order valence-corrected chi connectivity index (χ2v) is 5.55. The Morgan fingerprint density at radius 1 is 1.00 bits per heavy atom. The van der Waals surface area contributed by atoms with Crippen LogP contribution in [-0.2, 0) is 27.0 Å². The van der Waals surface area contributed by atoms with Crippen LogP contribution in [0.15, 0.2) is 47.4 Å². The van der Waals surface area contributed by atoms with Gasteiger partial charge in [-0.1, -0.05) is 0 Å². The standard InChI is InChI=1S/C17H13F4N3O5/c18-12-4-1-10(2-5-12)16(28)23-22-13(25)9-29-15(27)8-24-7-11(17(19,20)21)3-6-14(24)26/h1-7H,8-9H2,(H,22,25)(H,23,28). The number of carbonyl (C=O) groups is 3. The highest BCUT2D eigenvalue weighted by Gasteiger charge is 2.31. The first-order valence-corrected chi connectivity index (χ1v) is 7.84. The molecule has 0 bridgehead atoms. The van der Waals surface area contributed by atoms with E-state index in [9.17, 15) is 36.7 Å². The van der Waals surface area contributed by atoms with Gasteiger partial charge in [-0.15, -0.1) is 0 Å². The van der Waals surface area contributed by atoms with Gasteiger partial charge in [0.2, 0.25) is 0 Å². The molecule has 0 unspecified atom stereocenters. The van der Waals surface area contributed by atoms with Crippen molar-refractivity contribution in [3.8, 4) is 0 Å². The Labute approximate surface area is 160 Å². The van der Waals surface area contributed by atoms with Crippen molar-refractivity contribution in [3.05, 3.63) is 69.9 Å². The lowest BCUT2D eigenvalue weighted by Crippen LogP contribution is -2.43. The number of benzene rings is 1. The molecule has 0 atom stereocenters. The van der Waals surface area contributed by atoms with E-state index in [2.05, 4.69) is 4.74 Å². The molecular formula is C17H13F4N3O5. The van der Waals surface area contributed by atoms with Crippen molar-refractivity contribution in [2.75, 3.05) is 6.61 Å². The molecule has 0 aliphatic carbocycles. The van der Waals surface area contributed by atoms with Crippen LogP contribution in [0.4, 0.5) is 17.6 Å². The maximum Gasteiger partial charge on any atom is 0.417 e. The maximum atomic E-state index is 12.8. The van der Waals surface area contributed by atoms with E-state index in [0.717, 1.165) is 12.1 Å². The SMILES string of the molecule is O=C(COC(=O)Cn1cc(C(F)(F)F)ccc1=O)NNC(=O)c1ccc(F)cc1. The van der Waals surface area contributed by atoms with E-state index in [1.807, 2.05) is 10.9 Å². The van der Waals surface area contributed by atoms with Gasteiger partial charge in [0.15, 0.2) is 6.61 Å². The fraction of sp³-hybridized carbons (Fsp3) is 0.176. The summed E-state index contributed by atoms with van der Waals surface area (Å²) >= 11 is 0. The Bertz CT molecular complexity index is 970. The van der Waals surface area contributed by atoms with Gasteiger partial charge in [0.1, 0.15) is 12.4 Å². The number of aromatic nitrogens is 1. The summed E-state index contributed by atoms with van der Waals surface area (Å²) in [5.41, 5.74) is 1.97. The number of hydrogen-bond donors (Lipinski definition) is 2. The first-order chi connectivity index (χ1) is 13.6. The lowest BCUT2D eigenvalue weighted by Gasteiger charge is -2.11. The first kappa shape index (κ1) is 21.6. The van der Waals surface area contributed by atoms with Crippen molar-refractivity contribution in [3.63, 3.8) is 0 Å². The Kier molecular flexibility index (Phi) is 6.70. The van der Waals surface area contributed by atoms with Crippen LogP contribution < -0.4 is 16.4 Å². The number of hydrogen-bond acceptors (Lipinski definition) is 5. The Hall–Kier alpha value is -3.70. The largest absolute Gasteiger partial charge is 0.454 e. The van der Waals surface area contributed by atoms with Gasteiger partial charge in [0, 0.05) is 17.8 Å². The highest BCUT2D eigenvalue weighted by Crippen LogP contribution is 2.27. The predicted octanol–water partition coefficient (Wildman–Crippen LogP) is 1.01. The van der Waals surface area contributed by atoms with Gasteiger partial charge >= 0.3 is 12.1 Å². The van der Waals surface area contributed by atoms with Crippen LogP contribution in [0.1, 0.15) is 15.9 Å². The van der Waals surface area contributed by atoms with E-state index in [1.54, 1.807) is 0 Å². The number of nitrogens with zero attached hydrogens (tertiary/aromatic N) is 1. The molecule has 1 heterocycles. The molecule has 154 valence electrons. The maximum absolute atomic E-state index is 12.8. The number of carbonyl (C=O) groups excluding carboxylic acids is 3. The lowest BCUT2D eigenvalue weighted by molar-refractivity contribution is -0.149. The van der Waals surface area contributed by atoms with Crippen LogP contribution in [0.2, 0.25) is 0 Å². The second-order valence-electron chi connectivity index (χ2n) is 5.55. The Balaban J connectivity index is 1.83. The Morgan fingerprint density at radius 2 is 1.66 bits per heavy atom. The number of ether oxygens (including phenoxy) is 1. The van der Waals surface area contributed by atoms with Crippen LogP contribution >= 0.6 is 0 Å². The zero-order valence-corrected chi connectivity index (χ0v) is 14.5. The molecule has 2 aromatic rings. The molecule has 0 aliphatic heterocycles. The van der Waals surface area contributed by atoms with Crippen molar-refractivity contribution in [2.45, 2.75) is 12.7 Å². The van der Waals surface area contributed by atoms with Crippen LogP contribution in [0, 0.1) is 5.82 Å². The molecule has 2 amide bonds. The van der Waals surface area contributed by atoms with Gasteiger partial charge in [-0.3, -0.25) is 30.0 Å². The van der Waals surface area contributed by atoms with Crippen LogP contribution in [-0.4, -0.2) is 29.0 Å². The van der Waals surface area contributed by atoms with Crippen molar-refractivity contribution in [1.29, 1.82) is 0 Å². The summed E-state index contributed by atoms with van der Waals surface area (Å²) in [5.74, 6) is -3.42. The molecule has 2 rings (SSSR count). The van der Waals surface area contributed by atoms with Gasteiger partial charge in [-0.2, -0.15) is 13.2 Å². The minimum atomic E-state index is -4.71. The molecule has 2 N–H and O–H groups in total. The molecular weight excluding hydrogens is 402 g/mol. The number of pyridine rings is 1.